The van der Waals surface area contributed by atoms with Crippen molar-refractivity contribution in [1.82, 2.24) is 0 Å². The molecule has 0 unspecified atom stereocenters. The van der Waals surface area contributed by atoms with E-state index in [0.29, 0.717) is 12.1 Å². The minimum absolute atomic E-state index is 0.00166. The van der Waals surface area contributed by atoms with E-state index < -0.39 is 43.5 Å². The van der Waals surface area contributed by atoms with E-state index >= 15 is 0 Å². The highest BCUT2D eigenvalue weighted by atomic mass is 35.5. The topological polar surface area (TPSA) is 78.8 Å². The van der Waals surface area contributed by atoms with Gasteiger partial charge in [-0.25, -0.2) is 4.57 Å². The van der Waals surface area contributed by atoms with Crippen molar-refractivity contribution in [2.24, 2.45) is 0 Å². The van der Waals surface area contributed by atoms with E-state index in [1.165, 1.54) is 12.1 Å². The summed E-state index contributed by atoms with van der Waals surface area (Å²) >= 11 is 5.77. The minimum Gasteiger partial charge on any atom is -0.404 e. The van der Waals surface area contributed by atoms with E-state index in [9.17, 15) is 30.9 Å². The quantitative estimate of drug-likeness (QED) is 0.417. The number of hydrogen-bond acceptors (Lipinski definition) is 3. The van der Waals surface area contributed by atoms with Gasteiger partial charge in [0.15, 0.2) is 0 Å². The zero-order chi connectivity index (χ0) is 21.3. The first-order valence-electron chi connectivity index (χ1n) is 7.22. The SMILES string of the molecule is O=P(O)(O)Oc1ccc(Cl)cc1CNc1cc(C(F)(F)F)cc(C(F)(F)F)c1. The van der Waals surface area contributed by atoms with Crippen molar-refractivity contribution >= 4 is 25.1 Å². The van der Waals surface area contributed by atoms with Gasteiger partial charge in [-0.3, -0.25) is 9.79 Å². The van der Waals surface area contributed by atoms with Crippen molar-refractivity contribution in [3.8, 4) is 5.75 Å². The molecule has 0 heterocycles. The predicted octanol–water partition coefficient (Wildman–Crippen LogP) is 5.46. The number of halogens is 7. The van der Waals surface area contributed by atoms with Crippen LogP contribution in [0.3, 0.4) is 0 Å². The molecule has 2 rings (SSSR count). The second kappa shape index (κ2) is 7.82. The fourth-order valence-corrected chi connectivity index (χ4v) is 2.79. The molecule has 3 N–H and O–H groups in total. The number of benzene rings is 2. The van der Waals surface area contributed by atoms with Crippen LogP contribution in [-0.2, 0) is 23.5 Å². The van der Waals surface area contributed by atoms with E-state index in [0.717, 1.165) is 6.07 Å². The number of nitrogens with one attached hydrogen (secondary N) is 1. The van der Waals surface area contributed by atoms with E-state index in [1.807, 2.05) is 0 Å². The molecular formula is C15H11ClF6NO4P. The van der Waals surface area contributed by atoms with Crippen LogP contribution in [0.2, 0.25) is 5.02 Å². The van der Waals surface area contributed by atoms with E-state index in [-0.39, 0.29) is 22.4 Å². The number of phosphoric acid groups is 1. The summed E-state index contributed by atoms with van der Waals surface area (Å²) in [6.45, 7) is -0.422. The molecule has 0 atom stereocenters. The van der Waals surface area contributed by atoms with Crippen LogP contribution in [-0.4, -0.2) is 9.79 Å². The average Bonchev–Trinajstić information content (AvgIpc) is 2.52. The molecule has 0 aliphatic carbocycles. The van der Waals surface area contributed by atoms with Gasteiger partial charge in [0.2, 0.25) is 0 Å². The van der Waals surface area contributed by atoms with Crippen molar-refractivity contribution in [3.05, 3.63) is 58.1 Å². The fraction of sp³-hybridized carbons (Fsp3) is 0.200. The van der Waals surface area contributed by atoms with Crippen LogP contribution >= 0.6 is 19.4 Å². The maximum Gasteiger partial charge on any atom is 0.524 e. The molecule has 28 heavy (non-hydrogen) atoms. The highest BCUT2D eigenvalue weighted by molar-refractivity contribution is 7.46. The molecule has 0 bridgehead atoms. The molecule has 2 aromatic carbocycles. The van der Waals surface area contributed by atoms with E-state index in [4.69, 9.17) is 21.4 Å². The second-order valence-corrected chi connectivity index (χ2v) is 7.08. The first kappa shape index (κ1) is 22.4. The Morgan fingerprint density at radius 3 is 1.96 bits per heavy atom. The first-order chi connectivity index (χ1) is 12.6. The van der Waals surface area contributed by atoms with Crippen molar-refractivity contribution in [1.29, 1.82) is 0 Å². The van der Waals surface area contributed by atoms with Crippen molar-refractivity contribution < 1.29 is 45.2 Å². The molecule has 13 heteroatoms. The van der Waals surface area contributed by atoms with E-state index in [2.05, 4.69) is 9.84 Å². The van der Waals surface area contributed by atoms with Crippen molar-refractivity contribution in [3.63, 3.8) is 0 Å². The lowest BCUT2D eigenvalue weighted by molar-refractivity contribution is -0.143. The van der Waals surface area contributed by atoms with Gasteiger partial charge in [0.05, 0.1) is 11.1 Å². The molecule has 0 fully saturated rings. The molecule has 0 amide bonds. The number of alkyl halides is 6. The number of anilines is 1. The van der Waals surface area contributed by atoms with Gasteiger partial charge in [0.25, 0.3) is 0 Å². The van der Waals surface area contributed by atoms with Gasteiger partial charge in [-0.2, -0.15) is 26.3 Å². The fourth-order valence-electron chi connectivity index (χ4n) is 2.16. The van der Waals surface area contributed by atoms with E-state index in [1.54, 1.807) is 0 Å². The standard InChI is InChI=1S/C15H11ClF6NO4P/c16-11-1-2-13(27-28(24,25)26)8(3-11)7-23-12-5-9(14(17,18)19)4-10(6-12)15(20,21)22/h1-6,23H,7H2,(H2,24,25,26). The van der Waals surface area contributed by atoms with Crippen LogP contribution in [0.4, 0.5) is 32.0 Å². The van der Waals surface area contributed by atoms with Gasteiger partial charge >= 0.3 is 20.2 Å². The minimum atomic E-state index is -5.01. The van der Waals surface area contributed by atoms with Crippen LogP contribution in [0.1, 0.15) is 16.7 Å². The molecule has 0 spiro atoms. The van der Waals surface area contributed by atoms with Crippen LogP contribution in [0.15, 0.2) is 36.4 Å². The zero-order valence-electron chi connectivity index (χ0n) is 13.5. The Morgan fingerprint density at radius 1 is 0.964 bits per heavy atom. The summed E-state index contributed by atoms with van der Waals surface area (Å²) in [5.41, 5.74) is -3.53. The average molecular weight is 450 g/mol. The molecule has 0 aromatic heterocycles. The van der Waals surface area contributed by atoms with Gasteiger partial charge in [-0.05, 0) is 36.4 Å². The maximum absolute atomic E-state index is 12.9. The Morgan fingerprint density at radius 2 is 1.50 bits per heavy atom. The molecule has 0 aliphatic rings. The number of rotatable bonds is 5. The van der Waals surface area contributed by atoms with Crippen LogP contribution in [0.25, 0.3) is 0 Å². The summed E-state index contributed by atoms with van der Waals surface area (Å²) in [6, 6.07) is 4.46. The second-order valence-electron chi connectivity index (χ2n) is 5.48. The van der Waals surface area contributed by atoms with Crippen LogP contribution < -0.4 is 9.84 Å². The van der Waals surface area contributed by atoms with Crippen LogP contribution in [0.5, 0.6) is 5.75 Å². The van der Waals surface area contributed by atoms with Gasteiger partial charge < -0.3 is 9.84 Å². The van der Waals surface area contributed by atoms with Gasteiger partial charge in [-0.15, -0.1) is 0 Å². The summed E-state index contributed by atoms with van der Waals surface area (Å²) < 4.78 is 92.7. The maximum atomic E-state index is 12.9. The molecule has 0 aliphatic heterocycles. The van der Waals surface area contributed by atoms with Gasteiger partial charge in [-0.1, -0.05) is 11.6 Å². The largest absolute Gasteiger partial charge is 0.524 e. The summed E-state index contributed by atoms with van der Waals surface area (Å²) in [5.74, 6) is -0.340. The molecule has 0 saturated carbocycles. The molecule has 0 saturated heterocycles. The summed E-state index contributed by atoms with van der Waals surface area (Å²) in [7, 11) is -4.95. The third-order valence-corrected chi connectivity index (χ3v) is 3.98. The smallest absolute Gasteiger partial charge is 0.404 e. The number of hydrogen-bond donors (Lipinski definition) is 3. The zero-order valence-corrected chi connectivity index (χ0v) is 15.1. The lowest BCUT2D eigenvalue weighted by atomic mass is 10.1. The highest BCUT2D eigenvalue weighted by Crippen LogP contribution is 2.41. The molecule has 5 nitrogen and oxygen atoms in total. The summed E-state index contributed by atoms with van der Waals surface area (Å²) in [6.07, 6.45) is -10.0. The Labute approximate surface area is 159 Å². The van der Waals surface area contributed by atoms with Crippen molar-refractivity contribution in [2.45, 2.75) is 18.9 Å². The highest BCUT2D eigenvalue weighted by Gasteiger charge is 2.37. The lowest BCUT2D eigenvalue weighted by Gasteiger charge is -2.16. The monoisotopic (exact) mass is 449 g/mol. The molecule has 154 valence electrons. The van der Waals surface area contributed by atoms with Gasteiger partial charge in [0, 0.05) is 22.8 Å². The third kappa shape index (κ3) is 6.30. The Kier molecular flexibility index (Phi) is 6.25. The summed E-state index contributed by atoms with van der Waals surface area (Å²) in [5, 5.41) is 2.45. The number of phosphoric ester groups is 1. The first-order valence-corrected chi connectivity index (χ1v) is 9.13. The lowest BCUT2D eigenvalue weighted by Crippen LogP contribution is -2.12. The Balaban J connectivity index is 2.37. The summed E-state index contributed by atoms with van der Waals surface area (Å²) in [4.78, 5) is 17.8. The molecule has 0 radical (unpaired) electrons. The van der Waals surface area contributed by atoms with Gasteiger partial charge in [0.1, 0.15) is 5.75 Å². The Hall–Kier alpha value is -1.94. The molecular weight excluding hydrogens is 439 g/mol. The molecule has 2 aromatic rings. The normalized spacial score (nSPS) is 12.8. The van der Waals surface area contributed by atoms with Crippen LogP contribution in [0, 0.1) is 0 Å². The Bertz CT molecular complexity index is 880. The predicted molar refractivity (Wildman–Crippen MR) is 87.9 cm³/mol. The van der Waals surface area contributed by atoms with Crippen molar-refractivity contribution in [2.75, 3.05) is 5.32 Å². The third-order valence-electron chi connectivity index (χ3n) is 3.31.